The van der Waals surface area contributed by atoms with Crippen molar-refractivity contribution in [3.05, 3.63) is 18.1 Å². The van der Waals surface area contributed by atoms with Crippen LogP contribution in [0.2, 0.25) is 0 Å². The zero-order valence-corrected chi connectivity index (χ0v) is 10.6. The van der Waals surface area contributed by atoms with E-state index in [1.807, 2.05) is 13.0 Å². The summed E-state index contributed by atoms with van der Waals surface area (Å²) in [4.78, 5) is 13.2. The van der Waals surface area contributed by atoms with Gasteiger partial charge in [-0.05, 0) is 6.92 Å². The van der Waals surface area contributed by atoms with Crippen molar-refractivity contribution in [2.45, 2.75) is 6.92 Å². The van der Waals surface area contributed by atoms with Gasteiger partial charge in [0.25, 0.3) is 0 Å². The molecular weight excluding hydrogens is 216 g/mol. The van der Waals surface area contributed by atoms with Crippen LogP contribution in [0.1, 0.15) is 5.69 Å². The van der Waals surface area contributed by atoms with Gasteiger partial charge in [0.15, 0.2) is 0 Å². The molecule has 5 heteroatoms. The lowest BCUT2D eigenvalue weighted by molar-refractivity contribution is 0.144. The summed E-state index contributed by atoms with van der Waals surface area (Å²) in [6.07, 6.45) is 1.64. The molecule has 1 aromatic rings. The molecule has 0 bridgehead atoms. The molecule has 1 saturated heterocycles. The third-order valence-corrected chi connectivity index (χ3v) is 3.10. The lowest BCUT2D eigenvalue weighted by Crippen LogP contribution is -2.47. The summed E-state index contributed by atoms with van der Waals surface area (Å²) >= 11 is 0. The molecule has 1 aromatic heterocycles. The van der Waals surface area contributed by atoms with Crippen molar-refractivity contribution in [3.63, 3.8) is 0 Å². The number of hydrogen-bond donors (Lipinski definition) is 0. The quantitative estimate of drug-likeness (QED) is 0.764. The summed E-state index contributed by atoms with van der Waals surface area (Å²) in [6, 6.07) is 2.05. The van der Waals surface area contributed by atoms with Gasteiger partial charge in [-0.15, -0.1) is 0 Å². The zero-order valence-electron chi connectivity index (χ0n) is 10.6. The van der Waals surface area contributed by atoms with E-state index in [1.165, 1.54) is 0 Å². The van der Waals surface area contributed by atoms with Crippen molar-refractivity contribution in [2.75, 3.05) is 51.3 Å². The predicted molar refractivity (Wildman–Crippen MR) is 67.3 cm³/mol. The summed E-state index contributed by atoms with van der Waals surface area (Å²) in [5.74, 6) is 1.05. The number of nitrogens with zero attached hydrogens (tertiary/aromatic N) is 4. The Hall–Kier alpha value is -1.20. The molecular formula is C12H20N4O. The fourth-order valence-corrected chi connectivity index (χ4v) is 2.03. The summed E-state index contributed by atoms with van der Waals surface area (Å²) < 4.78 is 5.10. The van der Waals surface area contributed by atoms with Gasteiger partial charge in [0.1, 0.15) is 12.1 Å². The van der Waals surface area contributed by atoms with Gasteiger partial charge >= 0.3 is 0 Å². The van der Waals surface area contributed by atoms with Gasteiger partial charge in [0.05, 0.1) is 6.61 Å². The first-order valence-corrected chi connectivity index (χ1v) is 6.04. The maximum Gasteiger partial charge on any atom is 0.132 e. The van der Waals surface area contributed by atoms with Crippen LogP contribution in [0.3, 0.4) is 0 Å². The Morgan fingerprint density at radius 3 is 2.65 bits per heavy atom. The second-order valence-corrected chi connectivity index (χ2v) is 4.34. The summed E-state index contributed by atoms with van der Waals surface area (Å²) in [5, 5.41) is 0. The molecule has 0 unspecified atom stereocenters. The third-order valence-electron chi connectivity index (χ3n) is 3.10. The van der Waals surface area contributed by atoms with E-state index >= 15 is 0 Å². The Labute approximate surface area is 102 Å². The van der Waals surface area contributed by atoms with Crippen LogP contribution in [-0.4, -0.2) is 61.3 Å². The number of anilines is 1. The van der Waals surface area contributed by atoms with Crippen LogP contribution in [0.5, 0.6) is 0 Å². The molecule has 0 saturated carbocycles. The minimum Gasteiger partial charge on any atom is -0.383 e. The van der Waals surface area contributed by atoms with E-state index in [0.29, 0.717) is 0 Å². The Balaban J connectivity index is 1.86. The fraction of sp³-hybridized carbons (Fsp3) is 0.667. The van der Waals surface area contributed by atoms with Crippen LogP contribution >= 0.6 is 0 Å². The number of aryl methyl sites for hydroxylation is 1. The average Bonchev–Trinajstić information content (AvgIpc) is 2.37. The van der Waals surface area contributed by atoms with E-state index in [2.05, 4.69) is 19.8 Å². The molecule has 0 radical (unpaired) electrons. The molecule has 0 N–H and O–H groups in total. The van der Waals surface area contributed by atoms with E-state index in [1.54, 1.807) is 13.4 Å². The minimum absolute atomic E-state index is 0.812. The average molecular weight is 236 g/mol. The standard InChI is InChI=1S/C12H20N4O/c1-11-9-12(14-10-13-11)16-5-3-15(4-6-16)7-8-17-2/h9-10H,3-8H2,1-2H3. The van der Waals surface area contributed by atoms with Crippen molar-refractivity contribution in [2.24, 2.45) is 0 Å². The molecule has 0 atom stereocenters. The van der Waals surface area contributed by atoms with Crippen LogP contribution < -0.4 is 4.90 Å². The second-order valence-electron chi connectivity index (χ2n) is 4.34. The second kappa shape index (κ2) is 5.93. The lowest BCUT2D eigenvalue weighted by atomic mass is 10.3. The Bertz CT molecular complexity index is 350. The van der Waals surface area contributed by atoms with E-state index in [4.69, 9.17) is 4.74 Å². The van der Waals surface area contributed by atoms with Gasteiger partial charge in [-0.1, -0.05) is 0 Å². The Morgan fingerprint density at radius 1 is 1.24 bits per heavy atom. The molecule has 2 rings (SSSR count). The fourth-order valence-electron chi connectivity index (χ4n) is 2.03. The number of ether oxygens (including phenoxy) is 1. The first-order chi connectivity index (χ1) is 8.29. The number of aromatic nitrogens is 2. The first-order valence-electron chi connectivity index (χ1n) is 6.04. The highest BCUT2D eigenvalue weighted by atomic mass is 16.5. The molecule has 1 fully saturated rings. The van der Waals surface area contributed by atoms with Crippen molar-refractivity contribution >= 4 is 5.82 Å². The SMILES string of the molecule is COCCN1CCN(c2cc(C)ncn2)CC1. The Kier molecular flexibility index (Phi) is 4.28. The van der Waals surface area contributed by atoms with Crippen molar-refractivity contribution < 1.29 is 4.74 Å². The highest BCUT2D eigenvalue weighted by Crippen LogP contribution is 2.13. The monoisotopic (exact) mass is 236 g/mol. The van der Waals surface area contributed by atoms with E-state index in [0.717, 1.165) is 50.8 Å². The van der Waals surface area contributed by atoms with Crippen LogP contribution in [0.25, 0.3) is 0 Å². The summed E-state index contributed by atoms with van der Waals surface area (Å²) in [6.45, 7) is 8.04. The zero-order chi connectivity index (χ0) is 12.1. The van der Waals surface area contributed by atoms with Gasteiger partial charge in [-0.3, -0.25) is 4.90 Å². The molecule has 0 spiro atoms. The highest BCUT2D eigenvalue weighted by Gasteiger charge is 2.17. The minimum atomic E-state index is 0.812. The van der Waals surface area contributed by atoms with Gasteiger partial charge in [-0.25, -0.2) is 9.97 Å². The van der Waals surface area contributed by atoms with Gasteiger partial charge in [-0.2, -0.15) is 0 Å². The number of piperazine rings is 1. The topological polar surface area (TPSA) is 41.5 Å². The van der Waals surface area contributed by atoms with Crippen LogP contribution in [0.15, 0.2) is 12.4 Å². The molecule has 1 aliphatic heterocycles. The van der Waals surface area contributed by atoms with Crippen LogP contribution in [-0.2, 0) is 4.74 Å². The first kappa shape index (κ1) is 12.3. The molecule has 17 heavy (non-hydrogen) atoms. The Morgan fingerprint density at radius 2 is 2.00 bits per heavy atom. The van der Waals surface area contributed by atoms with E-state index in [-0.39, 0.29) is 0 Å². The normalized spacial score (nSPS) is 17.4. The summed E-state index contributed by atoms with van der Waals surface area (Å²) in [5.41, 5.74) is 1.02. The maximum absolute atomic E-state index is 5.10. The van der Waals surface area contributed by atoms with E-state index < -0.39 is 0 Å². The van der Waals surface area contributed by atoms with E-state index in [9.17, 15) is 0 Å². The summed E-state index contributed by atoms with van der Waals surface area (Å²) in [7, 11) is 1.75. The van der Waals surface area contributed by atoms with Gasteiger partial charge < -0.3 is 9.64 Å². The largest absolute Gasteiger partial charge is 0.383 e. The van der Waals surface area contributed by atoms with Gasteiger partial charge in [0, 0.05) is 51.6 Å². The maximum atomic E-state index is 5.10. The number of methoxy groups -OCH3 is 1. The highest BCUT2D eigenvalue weighted by molar-refractivity contribution is 5.39. The molecule has 94 valence electrons. The predicted octanol–water partition coefficient (Wildman–Crippen LogP) is 0.553. The molecule has 0 amide bonds. The smallest absolute Gasteiger partial charge is 0.132 e. The van der Waals surface area contributed by atoms with Crippen molar-refractivity contribution in [1.29, 1.82) is 0 Å². The molecule has 1 aliphatic rings. The molecule has 5 nitrogen and oxygen atoms in total. The molecule has 0 aliphatic carbocycles. The third kappa shape index (κ3) is 3.38. The van der Waals surface area contributed by atoms with Crippen LogP contribution in [0, 0.1) is 6.92 Å². The number of rotatable bonds is 4. The molecule has 2 heterocycles. The lowest BCUT2D eigenvalue weighted by Gasteiger charge is -2.35. The van der Waals surface area contributed by atoms with Gasteiger partial charge in [0.2, 0.25) is 0 Å². The van der Waals surface area contributed by atoms with Crippen LogP contribution in [0.4, 0.5) is 5.82 Å². The number of hydrogen-bond acceptors (Lipinski definition) is 5. The van der Waals surface area contributed by atoms with Crippen molar-refractivity contribution in [3.8, 4) is 0 Å². The van der Waals surface area contributed by atoms with Crippen molar-refractivity contribution in [1.82, 2.24) is 14.9 Å². The molecule has 0 aromatic carbocycles.